The van der Waals surface area contributed by atoms with Crippen LogP contribution in [0.25, 0.3) is 10.9 Å². The van der Waals surface area contributed by atoms with E-state index in [1.165, 1.54) is 18.0 Å². The average molecular weight is 368 g/mol. The number of aromatic nitrogens is 2. The fourth-order valence-corrected chi connectivity index (χ4v) is 2.92. The SMILES string of the molecule is COc1ccc(C(C)CCNc2cc3nc[nH]c(=O)c3cc2[N+](=O)[O-])cc1. The van der Waals surface area contributed by atoms with E-state index in [2.05, 4.69) is 22.2 Å². The van der Waals surface area contributed by atoms with Crippen LogP contribution in [-0.4, -0.2) is 28.5 Å². The van der Waals surface area contributed by atoms with Crippen LogP contribution in [0.1, 0.15) is 24.8 Å². The van der Waals surface area contributed by atoms with Crippen molar-refractivity contribution in [2.24, 2.45) is 0 Å². The Morgan fingerprint density at radius 2 is 2.04 bits per heavy atom. The van der Waals surface area contributed by atoms with Crippen molar-refractivity contribution in [3.8, 4) is 5.75 Å². The van der Waals surface area contributed by atoms with Gasteiger partial charge in [-0.1, -0.05) is 19.1 Å². The fourth-order valence-electron chi connectivity index (χ4n) is 2.92. The zero-order chi connectivity index (χ0) is 19.4. The molecule has 140 valence electrons. The summed E-state index contributed by atoms with van der Waals surface area (Å²) in [7, 11) is 1.63. The molecule has 2 N–H and O–H groups in total. The second-order valence-corrected chi connectivity index (χ2v) is 6.26. The number of benzene rings is 2. The molecule has 0 amide bonds. The van der Waals surface area contributed by atoms with Crippen LogP contribution in [0.15, 0.2) is 47.5 Å². The predicted octanol–water partition coefficient (Wildman–Crippen LogP) is 3.45. The summed E-state index contributed by atoms with van der Waals surface area (Å²) in [6.07, 6.45) is 2.07. The Labute approximate surface area is 155 Å². The summed E-state index contributed by atoms with van der Waals surface area (Å²) in [6, 6.07) is 10.7. The first-order chi connectivity index (χ1) is 13.0. The Morgan fingerprint density at radius 1 is 1.30 bits per heavy atom. The van der Waals surface area contributed by atoms with Gasteiger partial charge < -0.3 is 15.0 Å². The van der Waals surface area contributed by atoms with Crippen LogP contribution in [0.3, 0.4) is 0 Å². The van der Waals surface area contributed by atoms with E-state index in [9.17, 15) is 14.9 Å². The lowest BCUT2D eigenvalue weighted by molar-refractivity contribution is -0.383. The summed E-state index contributed by atoms with van der Waals surface area (Å²) in [5, 5.41) is 14.7. The fraction of sp³-hybridized carbons (Fsp3) is 0.263. The van der Waals surface area contributed by atoms with E-state index in [0.29, 0.717) is 17.7 Å². The predicted molar refractivity (Wildman–Crippen MR) is 104 cm³/mol. The molecule has 8 heteroatoms. The Morgan fingerprint density at radius 3 is 2.70 bits per heavy atom. The van der Waals surface area contributed by atoms with Crippen molar-refractivity contribution in [3.05, 3.63) is 68.8 Å². The molecule has 0 spiro atoms. The second kappa shape index (κ2) is 7.86. The molecule has 1 heterocycles. The summed E-state index contributed by atoms with van der Waals surface area (Å²) in [5.41, 5.74) is 1.39. The van der Waals surface area contributed by atoms with Crippen LogP contribution in [0.2, 0.25) is 0 Å². The van der Waals surface area contributed by atoms with Gasteiger partial charge >= 0.3 is 0 Å². The highest BCUT2D eigenvalue weighted by Gasteiger charge is 2.17. The van der Waals surface area contributed by atoms with E-state index < -0.39 is 10.5 Å². The molecular weight excluding hydrogens is 348 g/mol. The molecule has 3 aromatic rings. The molecule has 0 fully saturated rings. The summed E-state index contributed by atoms with van der Waals surface area (Å²) >= 11 is 0. The first kappa shape index (κ1) is 18.4. The van der Waals surface area contributed by atoms with E-state index in [-0.39, 0.29) is 17.0 Å². The van der Waals surface area contributed by atoms with Gasteiger partial charge in [0.1, 0.15) is 11.4 Å². The van der Waals surface area contributed by atoms with Gasteiger partial charge in [0.25, 0.3) is 11.2 Å². The van der Waals surface area contributed by atoms with Crippen molar-refractivity contribution < 1.29 is 9.66 Å². The third kappa shape index (κ3) is 4.05. The van der Waals surface area contributed by atoms with Crippen LogP contribution >= 0.6 is 0 Å². The highest BCUT2D eigenvalue weighted by molar-refractivity contribution is 5.86. The molecule has 3 rings (SSSR count). The highest BCUT2D eigenvalue weighted by Crippen LogP contribution is 2.28. The lowest BCUT2D eigenvalue weighted by atomic mass is 9.98. The number of H-pyrrole nitrogens is 1. The van der Waals surface area contributed by atoms with Crippen molar-refractivity contribution in [1.29, 1.82) is 0 Å². The first-order valence-corrected chi connectivity index (χ1v) is 8.53. The van der Waals surface area contributed by atoms with E-state index in [4.69, 9.17) is 4.74 Å². The lowest BCUT2D eigenvalue weighted by Crippen LogP contribution is -2.10. The number of fused-ring (bicyclic) bond motifs is 1. The normalized spacial score (nSPS) is 11.9. The van der Waals surface area contributed by atoms with Crippen molar-refractivity contribution in [2.45, 2.75) is 19.3 Å². The molecule has 0 saturated heterocycles. The molecule has 0 aliphatic carbocycles. The second-order valence-electron chi connectivity index (χ2n) is 6.26. The number of nitro benzene ring substituents is 1. The topological polar surface area (TPSA) is 110 Å². The van der Waals surface area contributed by atoms with Crippen LogP contribution in [0.4, 0.5) is 11.4 Å². The number of nitrogens with zero attached hydrogens (tertiary/aromatic N) is 2. The van der Waals surface area contributed by atoms with E-state index in [0.717, 1.165) is 12.2 Å². The van der Waals surface area contributed by atoms with Gasteiger partial charge in [-0.3, -0.25) is 14.9 Å². The van der Waals surface area contributed by atoms with E-state index in [1.54, 1.807) is 13.2 Å². The van der Waals surface area contributed by atoms with Gasteiger partial charge in [0, 0.05) is 12.6 Å². The van der Waals surface area contributed by atoms with E-state index in [1.807, 2.05) is 24.3 Å². The number of nitro groups is 1. The van der Waals surface area contributed by atoms with Crippen molar-refractivity contribution in [1.82, 2.24) is 9.97 Å². The minimum absolute atomic E-state index is 0.141. The van der Waals surface area contributed by atoms with Gasteiger partial charge in [0.2, 0.25) is 0 Å². The molecule has 0 aliphatic rings. The van der Waals surface area contributed by atoms with Gasteiger partial charge in [-0.25, -0.2) is 4.98 Å². The summed E-state index contributed by atoms with van der Waals surface area (Å²) in [5.74, 6) is 1.07. The van der Waals surface area contributed by atoms with Crippen LogP contribution in [-0.2, 0) is 0 Å². The molecular formula is C19H20N4O4. The van der Waals surface area contributed by atoms with Gasteiger partial charge in [-0.15, -0.1) is 0 Å². The maximum Gasteiger partial charge on any atom is 0.293 e. The van der Waals surface area contributed by atoms with Crippen molar-refractivity contribution in [2.75, 3.05) is 19.0 Å². The molecule has 1 atom stereocenters. The number of rotatable bonds is 7. The minimum Gasteiger partial charge on any atom is -0.497 e. The van der Waals surface area contributed by atoms with Crippen LogP contribution < -0.4 is 15.6 Å². The molecule has 8 nitrogen and oxygen atoms in total. The van der Waals surface area contributed by atoms with Crippen molar-refractivity contribution >= 4 is 22.3 Å². The zero-order valence-corrected chi connectivity index (χ0v) is 15.1. The number of aromatic amines is 1. The lowest BCUT2D eigenvalue weighted by Gasteiger charge is -2.14. The quantitative estimate of drug-likeness (QED) is 0.488. The highest BCUT2D eigenvalue weighted by atomic mass is 16.6. The molecule has 0 saturated carbocycles. The molecule has 0 aliphatic heterocycles. The van der Waals surface area contributed by atoms with Gasteiger partial charge in [-0.05, 0) is 36.1 Å². The number of methoxy groups -OCH3 is 1. The molecule has 0 bridgehead atoms. The Bertz CT molecular complexity index is 1010. The summed E-state index contributed by atoms with van der Waals surface area (Å²) < 4.78 is 5.16. The monoisotopic (exact) mass is 368 g/mol. The number of hydrogen-bond acceptors (Lipinski definition) is 6. The average Bonchev–Trinajstić information content (AvgIpc) is 2.67. The third-order valence-electron chi connectivity index (χ3n) is 4.53. The standard InChI is InChI=1S/C19H20N4O4/c1-12(13-3-5-14(27-2)6-4-13)7-8-20-17-10-16-15(9-18(17)23(25)26)19(24)22-11-21-16/h3-6,9-12,20H,7-8H2,1-2H3,(H,21,22,24). The molecule has 1 unspecified atom stereocenters. The van der Waals surface area contributed by atoms with Crippen LogP contribution in [0, 0.1) is 10.1 Å². The number of ether oxygens (including phenoxy) is 1. The zero-order valence-electron chi connectivity index (χ0n) is 15.1. The van der Waals surface area contributed by atoms with E-state index >= 15 is 0 Å². The number of hydrogen-bond donors (Lipinski definition) is 2. The van der Waals surface area contributed by atoms with Crippen molar-refractivity contribution in [3.63, 3.8) is 0 Å². The Kier molecular flexibility index (Phi) is 5.35. The third-order valence-corrected chi connectivity index (χ3v) is 4.53. The first-order valence-electron chi connectivity index (χ1n) is 8.53. The Balaban J connectivity index is 1.74. The smallest absolute Gasteiger partial charge is 0.293 e. The molecule has 27 heavy (non-hydrogen) atoms. The summed E-state index contributed by atoms with van der Waals surface area (Å²) in [4.78, 5) is 29.2. The molecule has 1 aromatic heterocycles. The molecule has 2 aromatic carbocycles. The van der Waals surface area contributed by atoms with Gasteiger partial charge in [-0.2, -0.15) is 0 Å². The molecule has 0 radical (unpaired) electrons. The van der Waals surface area contributed by atoms with Gasteiger partial charge in [0.05, 0.1) is 29.3 Å². The summed E-state index contributed by atoms with van der Waals surface area (Å²) in [6.45, 7) is 2.64. The Hall–Kier alpha value is -3.42. The maximum absolute atomic E-state index is 11.8. The number of nitrogens with one attached hydrogen (secondary N) is 2. The number of anilines is 1. The van der Waals surface area contributed by atoms with Crippen LogP contribution in [0.5, 0.6) is 5.75 Å². The maximum atomic E-state index is 11.8. The minimum atomic E-state index is -0.499. The van der Waals surface area contributed by atoms with Gasteiger partial charge in [0.15, 0.2) is 0 Å². The largest absolute Gasteiger partial charge is 0.497 e.